The fraction of sp³-hybridized carbons (Fsp3) is 0.214. The third-order valence-electron chi connectivity index (χ3n) is 3.65. The number of carbonyl (C=O) groups excluding carboxylic acids is 1. The maximum absolute atomic E-state index is 12.2. The average Bonchev–Trinajstić information content (AvgIpc) is 2.84. The van der Waals surface area contributed by atoms with E-state index >= 15 is 0 Å². The first kappa shape index (κ1) is 13.9. The first-order valence-corrected chi connectivity index (χ1v) is 6.64. The largest absolute Gasteiger partial charge is 0.508 e. The second-order valence-electron chi connectivity index (χ2n) is 5.08. The number of amides is 1. The van der Waals surface area contributed by atoms with Crippen LogP contribution in [0.5, 0.6) is 11.5 Å². The van der Waals surface area contributed by atoms with Crippen LogP contribution in [-0.2, 0) is 6.42 Å². The minimum Gasteiger partial charge on any atom is -0.508 e. The Balaban J connectivity index is 1.88. The van der Waals surface area contributed by atoms with Gasteiger partial charge in [0.1, 0.15) is 5.75 Å². The summed E-state index contributed by atoms with van der Waals surface area (Å²) in [6.07, 6.45) is 1.31. The Hall–Kier alpha value is -3.03. The van der Waals surface area contributed by atoms with E-state index in [9.17, 15) is 24.6 Å². The van der Waals surface area contributed by atoms with Gasteiger partial charge >= 0.3 is 5.69 Å². The van der Waals surface area contributed by atoms with Crippen LogP contribution in [0.3, 0.4) is 0 Å². The molecule has 8 nitrogen and oxygen atoms in total. The Kier molecular flexibility index (Phi) is 3.21. The van der Waals surface area contributed by atoms with Crippen LogP contribution in [0.15, 0.2) is 27.8 Å². The van der Waals surface area contributed by atoms with E-state index in [0.717, 1.165) is 11.1 Å². The van der Waals surface area contributed by atoms with Gasteiger partial charge in [-0.1, -0.05) is 6.07 Å². The fourth-order valence-electron chi connectivity index (χ4n) is 2.63. The zero-order valence-corrected chi connectivity index (χ0v) is 11.3. The van der Waals surface area contributed by atoms with Crippen molar-refractivity contribution in [2.24, 2.45) is 0 Å². The Morgan fingerprint density at radius 3 is 2.77 bits per heavy atom. The van der Waals surface area contributed by atoms with Crippen molar-refractivity contribution < 1.29 is 15.0 Å². The normalized spacial score (nSPS) is 16.3. The van der Waals surface area contributed by atoms with Gasteiger partial charge in [-0.2, -0.15) is 0 Å². The van der Waals surface area contributed by atoms with Crippen LogP contribution in [0.2, 0.25) is 0 Å². The maximum Gasteiger partial charge on any atom is 0.326 e. The highest BCUT2D eigenvalue weighted by Crippen LogP contribution is 2.33. The summed E-state index contributed by atoms with van der Waals surface area (Å²) in [7, 11) is 0. The van der Waals surface area contributed by atoms with E-state index in [-0.39, 0.29) is 11.8 Å². The van der Waals surface area contributed by atoms with Crippen molar-refractivity contribution >= 4 is 5.91 Å². The molecule has 1 aliphatic carbocycles. The summed E-state index contributed by atoms with van der Waals surface area (Å²) < 4.78 is 0. The smallest absolute Gasteiger partial charge is 0.326 e. The molecule has 1 aliphatic rings. The van der Waals surface area contributed by atoms with Crippen molar-refractivity contribution in [3.8, 4) is 11.5 Å². The topological polar surface area (TPSA) is 135 Å². The standard InChI is InChI=1S/C14H13N3O5/c18-7-2-3-8-6(5-7)1-4-9(8)15-12(20)10-11(19)13(21)17-14(22)16-10/h2-3,5,9,18-19H,1,4H2,(H,15,20)(H2,16,17,21,22). The van der Waals surface area contributed by atoms with Gasteiger partial charge in [0, 0.05) is 0 Å². The lowest BCUT2D eigenvalue weighted by Crippen LogP contribution is -2.33. The summed E-state index contributed by atoms with van der Waals surface area (Å²) in [6.45, 7) is 0. The van der Waals surface area contributed by atoms with E-state index in [4.69, 9.17) is 0 Å². The van der Waals surface area contributed by atoms with Gasteiger partial charge in [-0.3, -0.25) is 19.6 Å². The molecule has 0 saturated carbocycles. The number of rotatable bonds is 2. The lowest BCUT2D eigenvalue weighted by Gasteiger charge is -2.14. The molecule has 0 spiro atoms. The summed E-state index contributed by atoms with van der Waals surface area (Å²) in [5.41, 5.74) is -0.580. The maximum atomic E-state index is 12.2. The van der Waals surface area contributed by atoms with E-state index in [1.807, 2.05) is 4.98 Å². The summed E-state index contributed by atoms with van der Waals surface area (Å²) in [4.78, 5) is 38.6. The van der Waals surface area contributed by atoms with Crippen molar-refractivity contribution in [3.63, 3.8) is 0 Å². The molecule has 0 fully saturated rings. The number of aromatic hydroxyl groups is 2. The zero-order valence-electron chi connectivity index (χ0n) is 11.3. The zero-order chi connectivity index (χ0) is 15.9. The predicted molar refractivity (Wildman–Crippen MR) is 76.0 cm³/mol. The molecule has 1 aromatic heterocycles. The van der Waals surface area contributed by atoms with E-state index in [1.54, 1.807) is 12.1 Å². The Bertz CT molecular complexity index is 868. The number of hydrogen-bond acceptors (Lipinski definition) is 5. The number of aromatic amines is 2. The minimum absolute atomic E-state index is 0.155. The highest BCUT2D eigenvalue weighted by molar-refractivity contribution is 5.94. The monoisotopic (exact) mass is 303 g/mol. The molecule has 0 saturated heterocycles. The molecule has 8 heteroatoms. The number of aromatic nitrogens is 2. The minimum atomic E-state index is -1.02. The Morgan fingerprint density at radius 1 is 1.23 bits per heavy atom. The highest BCUT2D eigenvalue weighted by atomic mass is 16.3. The molecule has 0 aliphatic heterocycles. The highest BCUT2D eigenvalue weighted by Gasteiger charge is 2.26. The van der Waals surface area contributed by atoms with Gasteiger partial charge in [-0.05, 0) is 36.1 Å². The summed E-state index contributed by atoms with van der Waals surface area (Å²) in [5.74, 6) is -1.42. The van der Waals surface area contributed by atoms with E-state index < -0.39 is 28.6 Å². The first-order valence-electron chi connectivity index (χ1n) is 6.64. The quantitative estimate of drug-likeness (QED) is 0.527. The van der Waals surface area contributed by atoms with Gasteiger partial charge in [0.2, 0.25) is 5.75 Å². The van der Waals surface area contributed by atoms with E-state index in [2.05, 4.69) is 10.3 Å². The third-order valence-corrected chi connectivity index (χ3v) is 3.65. The lowest BCUT2D eigenvalue weighted by molar-refractivity contribution is 0.0927. The van der Waals surface area contributed by atoms with Crippen molar-refractivity contribution in [1.29, 1.82) is 0 Å². The SMILES string of the molecule is O=C(NC1CCc2cc(O)ccc21)c1[nH]c(=O)[nH]c(=O)c1O. The molecule has 114 valence electrons. The summed E-state index contributed by atoms with van der Waals surface area (Å²) in [5, 5.41) is 21.7. The molecule has 2 aromatic rings. The Labute approximate surface area is 123 Å². The van der Waals surface area contributed by atoms with Crippen LogP contribution >= 0.6 is 0 Å². The van der Waals surface area contributed by atoms with Crippen molar-refractivity contribution in [2.75, 3.05) is 0 Å². The van der Waals surface area contributed by atoms with Gasteiger partial charge < -0.3 is 15.5 Å². The second-order valence-corrected chi connectivity index (χ2v) is 5.08. The number of phenols is 1. The van der Waals surface area contributed by atoms with Gasteiger partial charge in [-0.25, -0.2) is 4.79 Å². The first-order chi connectivity index (χ1) is 10.5. The molecule has 0 radical (unpaired) electrons. The summed E-state index contributed by atoms with van der Waals surface area (Å²) >= 11 is 0. The van der Waals surface area contributed by atoms with Crippen molar-refractivity contribution in [3.05, 3.63) is 55.9 Å². The van der Waals surface area contributed by atoms with E-state index in [1.165, 1.54) is 6.07 Å². The number of carbonyl (C=O) groups is 1. The van der Waals surface area contributed by atoms with Crippen LogP contribution in [0.4, 0.5) is 0 Å². The van der Waals surface area contributed by atoms with Gasteiger partial charge in [0.05, 0.1) is 6.04 Å². The molecule has 5 N–H and O–H groups in total. The number of H-pyrrole nitrogens is 2. The number of benzene rings is 1. The molecule has 1 amide bonds. The lowest BCUT2D eigenvalue weighted by atomic mass is 10.1. The molecule has 22 heavy (non-hydrogen) atoms. The molecule has 0 bridgehead atoms. The average molecular weight is 303 g/mol. The van der Waals surface area contributed by atoms with Crippen LogP contribution in [-0.4, -0.2) is 26.1 Å². The van der Waals surface area contributed by atoms with Crippen LogP contribution < -0.4 is 16.6 Å². The molecular weight excluding hydrogens is 290 g/mol. The van der Waals surface area contributed by atoms with Crippen molar-refractivity contribution in [2.45, 2.75) is 18.9 Å². The van der Waals surface area contributed by atoms with Crippen LogP contribution in [0.1, 0.15) is 34.1 Å². The number of hydrogen-bond donors (Lipinski definition) is 5. The van der Waals surface area contributed by atoms with Gasteiger partial charge in [0.15, 0.2) is 5.69 Å². The third kappa shape index (κ3) is 2.34. The molecule has 1 atom stereocenters. The second kappa shape index (κ2) is 5.06. The van der Waals surface area contributed by atoms with Gasteiger partial charge in [0.25, 0.3) is 11.5 Å². The van der Waals surface area contributed by atoms with Gasteiger partial charge in [-0.15, -0.1) is 0 Å². The summed E-state index contributed by atoms with van der Waals surface area (Å²) in [6, 6.07) is 4.55. The Morgan fingerprint density at radius 2 is 2.00 bits per heavy atom. The fourth-order valence-corrected chi connectivity index (χ4v) is 2.63. The van der Waals surface area contributed by atoms with Crippen LogP contribution in [0.25, 0.3) is 0 Å². The van der Waals surface area contributed by atoms with Crippen molar-refractivity contribution in [1.82, 2.24) is 15.3 Å². The molecule has 1 aromatic carbocycles. The number of phenolic OH excluding ortho intramolecular Hbond substituents is 1. The predicted octanol–water partition coefficient (Wildman–Crippen LogP) is -0.108. The van der Waals surface area contributed by atoms with E-state index in [0.29, 0.717) is 12.8 Å². The van der Waals surface area contributed by atoms with Crippen LogP contribution in [0, 0.1) is 0 Å². The molecule has 1 unspecified atom stereocenters. The molecular formula is C14H13N3O5. The molecule has 1 heterocycles. The molecule has 3 rings (SSSR count). The number of nitrogens with one attached hydrogen (secondary N) is 3. The number of aryl methyl sites for hydroxylation is 1. The number of fused-ring (bicyclic) bond motifs is 1.